The van der Waals surface area contributed by atoms with Crippen LogP contribution < -0.4 is 4.90 Å². The summed E-state index contributed by atoms with van der Waals surface area (Å²) in [7, 11) is 0. The molecule has 1 aromatic heterocycles. The van der Waals surface area contributed by atoms with Gasteiger partial charge in [-0.15, -0.1) is 0 Å². The van der Waals surface area contributed by atoms with Gasteiger partial charge in [0.25, 0.3) is 0 Å². The molecule has 2 nitrogen and oxygen atoms in total. The van der Waals surface area contributed by atoms with Gasteiger partial charge in [0.15, 0.2) is 0 Å². The summed E-state index contributed by atoms with van der Waals surface area (Å²) in [6, 6.07) is 67.5. The summed E-state index contributed by atoms with van der Waals surface area (Å²) < 4.78 is 6.40. The van der Waals surface area contributed by atoms with E-state index in [1.807, 2.05) is 6.07 Å². The summed E-state index contributed by atoms with van der Waals surface area (Å²) >= 11 is 0. The van der Waals surface area contributed by atoms with Gasteiger partial charge < -0.3 is 9.32 Å². The highest BCUT2D eigenvalue weighted by Crippen LogP contribution is 2.44. The molecule has 0 spiro atoms. The Balaban J connectivity index is 1.16. The second-order valence-corrected chi connectivity index (χ2v) is 12.9. The normalized spacial score (nSPS) is 11.6. The molecule has 0 aliphatic heterocycles. The lowest BCUT2D eigenvalue weighted by molar-refractivity contribution is 0.669. The first-order valence-corrected chi connectivity index (χ1v) is 17.1. The molecule has 0 bridgehead atoms. The molecule has 0 atom stereocenters. The fourth-order valence-electron chi connectivity index (χ4n) is 7.67. The molecule has 50 heavy (non-hydrogen) atoms. The smallest absolute Gasteiger partial charge is 0.136 e. The third-order valence-corrected chi connectivity index (χ3v) is 10.0. The van der Waals surface area contributed by atoms with Gasteiger partial charge in [0.2, 0.25) is 0 Å². The Bertz CT molecular complexity index is 2870. The molecule has 2 heteroatoms. The number of benzene rings is 9. The zero-order chi connectivity index (χ0) is 33.0. The molecule has 0 aliphatic carbocycles. The molecule has 0 N–H and O–H groups in total. The average molecular weight is 638 g/mol. The van der Waals surface area contributed by atoms with E-state index in [1.165, 1.54) is 49.0 Å². The van der Waals surface area contributed by atoms with Crippen molar-refractivity contribution >= 4 is 71.3 Å². The van der Waals surface area contributed by atoms with Crippen molar-refractivity contribution in [3.05, 3.63) is 188 Å². The van der Waals surface area contributed by atoms with E-state index in [1.54, 1.807) is 0 Å². The zero-order valence-electron chi connectivity index (χ0n) is 27.3. The average Bonchev–Trinajstić information content (AvgIpc) is 3.56. The number of anilines is 3. The van der Waals surface area contributed by atoms with Gasteiger partial charge in [-0.2, -0.15) is 0 Å². The van der Waals surface area contributed by atoms with Crippen LogP contribution in [0.15, 0.2) is 192 Å². The van der Waals surface area contributed by atoms with Crippen LogP contribution in [0.2, 0.25) is 0 Å². The molecule has 0 unspecified atom stereocenters. The van der Waals surface area contributed by atoms with Crippen LogP contribution in [-0.2, 0) is 0 Å². The minimum absolute atomic E-state index is 0.907. The molecule has 10 aromatic rings. The van der Waals surface area contributed by atoms with Crippen molar-refractivity contribution in [2.45, 2.75) is 0 Å². The molecule has 9 aromatic carbocycles. The molecule has 234 valence electrons. The largest absolute Gasteiger partial charge is 0.456 e. The molecule has 0 fully saturated rings. The predicted molar refractivity (Wildman–Crippen MR) is 212 cm³/mol. The Kier molecular flexibility index (Phi) is 6.53. The molecule has 10 rings (SSSR count). The number of para-hydroxylation sites is 1. The van der Waals surface area contributed by atoms with Crippen LogP contribution in [0.4, 0.5) is 17.1 Å². The molecule has 0 saturated carbocycles. The van der Waals surface area contributed by atoms with Crippen LogP contribution in [0.1, 0.15) is 0 Å². The molecule has 0 radical (unpaired) electrons. The third kappa shape index (κ3) is 4.65. The summed E-state index contributed by atoms with van der Waals surface area (Å²) in [4.78, 5) is 2.37. The van der Waals surface area contributed by atoms with Gasteiger partial charge in [0, 0.05) is 33.4 Å². The summed E-state index contributed by atoms with van der Waals surface area (Å²) in [5.74, 6) is 0. The van der Waals surface area contributed by atoms with E-state index in [-0.39, 0.29) is 0 Å². The van der Waals surface area contributed by atoms with Crippen molar-refractivity contribution in [1.82, 2.24) is 0 Å². The molecular weight excluding hydrogens is 607 g/mol. The fourth-order valence-corrected chi connectivity index (χ4v) is 7.67. The third-order valence-electron chi connectivity index (χ3n) is 10.0. The van der Waals surface area contributed by atoms with Crippen LogP contribution in [-0.4, -0.2) is 0 Å². The van der Waals surface area contributed by atoms with Gasteiger partial charge in [-0.05, 0) is 97.5 Å². The van der Waals surface area contributed by atoms with E-state index < -0.39 is 0 Å². The van der Waals surface area contributed by atoms with Crippen molar-refractivity contribution in [1.29, 1.82) is 0 Å². The molecule has 0 amide bonds. The van der Waals surface area contributed by atoms with Gasteiger partial charge in [-0.25, -0.2) is 0 Å². The fraction of sp³-hybridized carbons (Fsp3) is 0. The predicted octanol–water partition coefficient (Wildman–Crippen LogP) is 13.8. The molecule has 1 heterocycles. The van der Waals surface area contributed by atoms with Crippen molar-refractivity contribution in [3.8, 4) is 22.3 Å². The minimum Gasteiger partial charge on any atom is -0.456 e. The van der Waals surface area contributed by atoms with E-state index in [2.05, 4.69) is 187 Å². The highest BCUT2D eigenvalue weighted by molar-refractivity contribution is 6.20. The first-order chi connectivity index (χ1) is 24.8. The van der Waals surface area contributed by atoms with E-state index in [0.717, 1.165) is 44.6 Å². The Morgan fingerprint density at radius 1 is 0.320 bits per heavy atom. The Labute approximate surface area is 290 Å². The summed E-state index contributed by atoms with van der Waals surface area (Å²) in [6.45, 7) is 0. The van der Waals surface area contributed by atoms with E-state index in [0.29, 0.717) is 0 Å². The van der Waals surface area contributed by atoms with Crippen LogP contribution in [0.5, 0.6) is 0 Å². The maximum absolute atomic E-state index is 6.40. The second-order valence-electron chi connectivity index (χ2n) is 12.9. The van der Waals surface area contributed by atoms with Crippen molar-refractivity contribution in [2.24, 2.45) is 0 Å². The van der Waals surface area contributed by atoms with Gasteiger partial charge in [-0.1, -0.05) is 140 Å². The summed E-state index contributed by atoms with van der Waals surface area (Å²) in [5, 5.41) is 9.67. The van der Waals surface area contributed by atoms with E-state index >= 15 is 0 Å². The number of nitrogens with zero attached hydrogens (tertiary/aromatic N) is 1. The highest BCUT2D eigenvalue weighted by Gasteiger charge is 2.19. The number of fused-ring (bicyclic) bond motifs is 7. The maximum atomic E-state index is 6.40. The topological polar surface area (TPSA) is 16.4 Å². The van der Waals surface area contributed by atoms with Gasteiger partial charge in [-0.3, -0.25) is 0 Å². The molecule has 0 aliphatic rings. The standard InChI is InChI=1S/C48H31NO/c1-2-11-32(12-3-1)35-15-10-16-39(29-35)49(40-27-28-42-37(30-40)22-21-33-13-4-6-17-41(33)42)38-25-23-34(24-26-38)47-43-18-7-5-14-36(43)31-46-48(47)44-19-8-9-20-45(44)50-46/h1-31H. The van der Waals surface area contributed by atoms with Gasteiger partial charge >= 0.3 is 0 Å². The van der Waals surface area contributed by atoms with E-state index in [4.69, 9.17) is 4.42 Å². The number of furan rings is 1. The number of hydrogen-bond donors (Lipinski definition) is 0. The van der Waals surface area contributed by atoms with E-state index in [9.17, 15) is 0 Å². The first-order valence-electron chi connectivity index (χ1n) is 17.1. The Morgan fingerprint density at radius 3 is 1.80 bits per heavy atom. The van der Waals surface area contributed by atoms with Crippen molar-refractivity contribution < 1.29 is 4.42 Å². The van der Waals surface area contributed by atoms with Crippen LogP contribution in [0, 0.1) is 0 Å². The van der Waals surface area contributed by atoms with Crippen molar-refractivity contribution in [3.63, 3.8) is 0 Å². The molecular formula is C48H31NO. The Hall–Kier alpha value is -6.64. The maximum Gasteiger partial charge on any atom is 0.136 e. The zero-order valence-corrected chi connectivity index (χ0v) is 27.3. The minimum atomic E-state index is 0.907. The summed E-state index contributed by atoms with van der Waals surface area (Å²) in [5.41, 5.74) is 9.86. The Morgan fingerprint density at radius 2 is 0.940 bits per heavy atom. The second kappa shape index (κ2) is 11.5. The lowest BCUT2D eigenvalue weighted by Crippen LogP contribution is -2.10. The van der Waals surface area contributed by atoms with Crippen LogP contribution in [0.3, 0.4) is 0 Å². The monoisotopic (exact) mass is 637 g/mol. The van der Waals surface area contributed by atoms with Crippen LogP contribution in [0.25, 0.3) is 76.5 Å². The summed E-state index contributed by atoms with van der Waals surface area (Å²) in [6.07, 6.45) is 0. The lowest BCUT2D eigenvalue weighted by atomic mass is 9.93. The van der Waals surface area contributed by atoms with Crippen LogP contribution >= 0.6 is 0 Å². The highest BCUT2D eigenvalue weighted by atomic mass is 16.3. The number of rotatable bonds is 5. The molecule has 0 saturated heterocycles. The first kappa shape index (κ1) is 28.4. The van der Waals surface area contributed by atoms with Gasteiger partial charge in [0.1, 0.15) is 11.2 Å². The number of hydrogen-bond acceptors (Lipinski definition) is 2. The van der Waals surface area contributed by atoms with Crippen molar-refractivity contribution in [2.75, 3.05) is 4.90 Å². The van der Waals surface area contributed by atoms with Gasteiger partial charge in [0.05, 0.1) is 0 Å². The SMILES string of the molecule is c1ccc(-c2cccc(N(c3ccc(-c4c5ccccc5cc5oc6ccccc6c45)cc3)c3ccc4c(ccc5ccccc54)c3)c2)cc1. The lowest BCUT2D eigenvalue weighted by Gasteiger charge is -2.27. The quantitative estimate of drug-likeness (QED) is 0.175.